The predicted octanol–water partition coefficient (Wildman–Crippen LogP) is 4.33. The molecule has 0 saturated carbocycles. The Balaban J connectivity index is 1.68. The van der Waals surface area contributed by atoms with E-state index >= 15 is 0 Å². The van der Waals surface area contributed by atoms with Crippen LogP contribution in [0.2, 0.25) is 0 Å². The van der Waals surface area contributed by atoms with Gasteiger partial charge in [0.1, 0.15) is 11.3 Å². The van der Waals surface area contributed by atoms with Gasteiger partial charge in [-0.2, -0.15) is 0 Å². The van der Waals surface area contributed by atoms with Crippen molar-refractivity contribution in [3.63, 3.8) is 0 Å². The summed E-state index contributed by atoms with van der Waals surface area (Å²) in [6.07, 6.45) is 3.37. The van der Waals surface area contributed by atoms with Crippen LogP contribution < -0.4 is 10.2 Å². The van der Waals surface area contributed by atoms with E-state index in [0.29, 0.717) is 29.7 Å². The van der Waals surface area contributed by atoms with Gasteiger partial charge >= 0.3 is 0 Å². The van der Waals surface area contributed by atoms with Gasteiger partial charge in [0, 0.05) is 18.9 Å². The van der Waals surface area contributed by atoms with E-state index in [1.807, 2.05) is 43.3 Å². The van der Waals surface area contributed by atoms with Crippen molar-refractivity contribution >= 4 is 16.9 Å². The van der Waals surface area contributed by atoms with Crippen LogP contribution in [0.1, 0.15) is 40.2 Å². The highest BCUT2D eigenvalue weighted by Crippen LogP contribution is 2.39. The normalized spacial score (nSPS) is 15.3. The van der Waals surface area contributed by atoms with Gasteiger partial charge in [-0.1, -0.05) is 24.3 Å². The van der Waals surface area contributed by atoms with E-state index in [2.05, 4.69) is 4.98 Å². The van der Waals surface area contributed by atoms with Crippen LogP contribution in [0, 0.1) is 0 Å². The first-order valence-electron chi connectivity index (χ1n) is 10.2. The molecular weight excluding hydrogens is 392 g/mol. The van der Waals surface area contributed by atoms with Crippen molar-refractivity contribution in [3.8, 4) is 5.75 Å². The summed E-state index contributed by atoms with van der Waals surface area (Å²) in [4.78, 5) is 32.6. The first kappa shape index (κ1) is 19.1. The van der Waals surface area contributed by atoms with E-state index in [4.69, 9.17) is 9.15 Å². The van der Waals surface area contributed by atoms with Crippen molar-refractivity contribution in [2.24, 2.45) is 0 Å². The summed E-state index contributed by atoms with van der Waals surface area (Å²) in [5.41, 5.74) is 2.36. The summed E-state index contributed by atoms with van der Waals surface area (Å²) in [6, 6.07) is 17.7. The minimum Gasteiger partial charge on any atom is -0.494 e. The molecule has 1 amide bonds. The molecule has 0 N–H and O–H groups in total. The second kappa shape index (κ2) is 7.72. The Hall–Kier alpha value is -3.93. The first-order valence-corrected chi connectivity index (χ1v) is 10.2. The highest BCUT2D eigenvalue weighted by molar-refractivity contribution is 5.99. The molecule has 0 spiro atoms. The number of amides is 1. The maximum Gasteiger partial charge on any atom is 0.291 e. The van der Waals surface area contributed by atoms with E-state index in [9.17, 15) is 9.59 Å². The Bertz CT molecular complexity index is 1310. The van der Waals surface area contributed by atoms with E-state index in [1.165, 1.54) is 0 Å². The average Bonchev–Trinajstić information content (AvgIpc) is 3.07. The average molecular weight is 412 g/mol. The lowest BCUT2D eigenvalue weighted by Crippen LogP contribution is -2.29. The number of nitrogens with zero attached hydrogens (tertiary/aromatic N) is 2. The molecule has 1 aliphatic rings. The van der Waals surface area contributed by atoms with Crippen molar-refractivity contribution in [1.82, 2.24) is 9.88 Å². The molecule has 0 aliphatic carbocycles. The molecule has 2 aromatic heterocycles. The van der Waals surface area contributed by atoms with Crippen LogP contribution in [0.25, 0.3) is 11.0 Å². The molecule has 1 aliphatic heterocycles. The third kappa shape index (κ3) is 3.26. The monoisotopic (exact) mass is 412 g/mol. The zero-order chi connectivity index (χ0) is 21.4. The first-order chi connectivity index (χ1) is 15.2. The topological polar surface area (TPSA) is 72.6 Å². The Morgan fingerprint density at radius 1 is 1.00 bits per heavy atom. The summed E-state index contributed by atoms with van der Waals surface area (Å²) in [7, 11) is 0. The van der Waals surface area contributed by atoms with E-state index in [1.54, 1.807) is 41.6 Å². The molecule has 6 heteroatoms. The van der Waals surface area contributed by atoms with Crippen LogP contribution in [-0.4, -0.2) is 22.4 Å². The van der Waals surface area contributed by atoms with Gasteiger partial charge in [0.05, 0.1) is 23.6 Å². The minimum atomic E-state index is -0.549. The number of fused-ring (bicyclic) bond motifs is 2. The second-order valence-corrected chi connectivity index (χ2v) is 7.36. The third-order valence-corrected chi connectivity index (χ3v) is 5.48. The molecule has 31 heavy (non-hydrogen) atoms. The van der Waals surface area contributed by atoms with Crippen molar-refractivity contribution < 1.29 is 13.9 Å². The molecule has 4 aromatic rings. The van der Waals surface area contributed by atoms with Gasteiger partial charge in [-0.05, 0) is 54.4 Å². The van der Waals surface area contributed by atoms with E-state index in [0.717, 1.165) is 16.9 Å². The summed E-state index contributed by atoms with van der Waals surface area (Å²) < 4.78 is 11.5. The lowest BCUT2D eigenvalue weighted by Gasteiger charge is -2.25. The van der Waals surface area contributed by atoms with E-state index < -0.39 is 6.04 Å². The lowest BCUT2D eigenvalue weighted by molar-refractivity contribution is 0.0714. The smallest absolute Gasteiger partial charge is 0.291 e. The van der Waals surface area contributed by atoms with Gasteiger partial charge in [-0.25, -0.2) is 0 Å². The summed E-state index contributed by atoms with van der Waals surface area (Å²) >= 11 is 0. The third-order valence-electron chi connectivity index (χ3n) is 5.48. The number of carbonyl (C=O) groups excluding carboxylic acids is 1. The Kier molecular flexibility index (Phi) is 4.75. The van der Waals surface area contributed by atoms with Crippen molar-refractivity contribution in [1.29, 1.82) is 0 Å². The standard InChI is InChI=1S/C25H20N2O4/c1-2-30-18-9-7-17(8-10-18)22-21-23(28)19-5-3-4-6-20(19)31-24(21)25(29)27(22)15-16-11-13-26-14-12-16/h3-14,22H,2,15H2,1H3. The van der Waals surface area contributed by atoms with Crippen LogP contribution in [0.3, 0.4) is 0 Å². The molecule has 0 saturated heterocycles. The van der Waals surface area contributed by atoms with Crippen LogP contribution >= 0.6 is 0 Å². The van der Waals surface area contributed by atoms with Gasteiger partial charge in [-0.3, -0.25) is 14.6 Å². The van der Waals surface area contributed by atoms with Crippen molar-refractivity contribution in [2.45, 2.75) is 19.5 Å². The maximum absolute atomic E-state index is 13.4. The minimum absolute atomic E-state index is 0.108. The number of pyridine rings is 1. The predicted molar refractivity (Wildman–Crippen MR) is 116 cm³/mol. The molecule has 5 rings (SSSR count). The maximum atomic E-state index is 13.4. The van der Waals surface area contributed by atoms with Gasteiger partial charge in [0.2, 0.25) is 5.76 Å². The Morgan fingerprint density at radius 3 is 2.48 bits per heavy atom. The number of para-hydroxylation sites is 1. The van der Waals surface area contributed by atoms with Crippen molar-refractivity contribution in [3.05, 3.63) is 106 Å². The summed E-state index contributed by atoms with van der Waals surface area (Å²) in [6.45, 7) is 2.82. The number of benzene rings is 2. The molecule has 6 nitrogen and oxygen atoms in total. The van der Waals surface area contributed by atoms with Crippen LogP contribution in [0.4, 0.5) is 0 Å². The number of carbonyl (C=O) groups is 1. The fourth-order valence-corrected chi connectivity index (χ4v) is 4.07. The second-order valence-electron chi connectivity index (χ2n) is 7.36. The van der Waals surface area contributed by atoms with Crippen LogP contribution in [-0.2, 0) is 6.54 Å². The highest BCUT2D eigenvalue weighted by atomic mass is 16.5. The summed E-state index contributed by atoms with van der Waals surface area (Å²) in [5, 5.41) is 0.468. The number of hydrogen-bond acceptors (Lipinski definition) is 5. The number of ether oxygens (including phenoxy) is 1. The Morgan fingerprint density at radius 2 is 1.74 bits per heavy atom. The molecular formula is C25H20N2O4. The van der Waals surface area contributed by atoms with E-state index in [-0.39, 0.29) is 17.1 Å². The van der Waals surface area contributed by atoms with Gasteiger partial charge < -0.3 is 14.1 Å². The van der Waals surface area contributed by atoms with Crippen LogP contribution in [0.5, 0.6) is 5.75 Å². The van der Waals surface area contributed by atoms with Gasteiger partial charge in [0.25, 0.3) is 5.91 Å². The molecule has 1 unspecified atom stereocenters. The molecule has 2 aromatic carbocycles. The SMILES string of the molecule is CCOc1ccc(C2c3c(oc4ccccc4c3=O)C(=O)N2Cc2ccncc2)cc1. The number of rotatable bonds is 5. The molecule has 1 atom stereocenters. The number of aromatic nitrogens is 1. The molecule has 3 heterocycles. The van der Waals surface area contributed by atoms with Crippen LogP contribution in [0.15, 0.2) is 82.3 Å². The largest absolute Gasteiger partial charge is 0.494 e. The zero-order valence-electron chi connectivity index (χ0n) is 16.9. The fraction of sp³-hybridized carbons (Fsp3) is 0.160. The lowest BCUT2D eigenvalue weighted by atomic mass is 9.98. The zero-order valence-corrected chi connectivity index (χ0v) is 16.9. The van der Waals surface area contributed by atoms with Gasteiger partial charge in [-0.15, -0.1) is 0 Å². The highest BCUT2D eigenvalue weighted by Gasteiger charge is 2.42. The molecule has 154 valence electrons. The quantitative estimate of drug-likeness (QED) is 0.488. The van der Waals surface area contributed by atoms with Crippen molar-refractivity contribution in [2.75, 3.05) is 6.61 Å². The molecule has 0 fully saturated rings. The summed E-state index contributed by atoms with van der Waals surface area (Å²) in [5.74, 6) is 0.548. The fourth-order valence-electron chi connectivity index (χ4n) is 4.07. The molecule has 0 bridgehead atoms. The Labute approximate surface area is 178 Å². The van der Waals surface area contributed by atoms with Gasteiger partial charge in [0.15, 0.2) is 5.43 Å². The molecule has 0 radical (unpaired) electrons. The number of hydrogen-bond donors (Lipinski definition) is 0.